The number of nitrogens with one attached hydrogen (secondary N) is 1. The van der Waals surface area contributed by atoms with Gasteiger partial charge in [-0.05, 0) is 50.2 Å². The van der Waals surface area contributed by atoms with E-state index in [9.17, 15) is 4.79 Å². The minimum atomic E-state index is -0.417. The Morgan fingerprint density at radius 3 is 2.72 bits per heavy atom. The number of hydrogen-bond donors (Lipinski definition) is 1. The van der Waals surface area contributed by atoms with E-state index in [1.165, 1.54) is 12.4 Å². The normalized spacial score (nSPS) is 13.6. The third-order valence-corrected chi connectivity index (χ3v) is 7.09. The first-order valence-corrected chi connectivity index (χ1v) is 13.0. The quantitative estimate of drug-likeness (QED) is 0.272. The van der Waals surface area contributed by atoms with Crippen LogP contribution in [0.15, 0.2) is 61.2 Å². The molecule has 9 nitrogen and oxygen atoms in total. The summed E-state index contributed by atoms with van der Waals surface area (Å²) in [5, 5.41) is 9.29. The van der Waals surface area contributed by atoms with E-state index >= 15 is 0 Å². The van der Waals surface area contributed by atoms with Gasteiger partial charge in [0.2, 0.25) is 5.88 Å². The number of fused-ring (bicyclic) bond motifs is 2. The van der Waals surface area contributed by atoms with Crippen molar-refractivity contribution in [2.24, 2.45) is 0 Å². The first-order valence-electron chi connectivity index (χ1n) is 12.2. The van der Waals surface area contributed by atoms with Crippen LogP contribution in [0.25, 0.3) is 22.2 Å². The van der Waals surface area contributed by atoms with E-state index in [4.69, 9.17) is 32.7 Å². The van der Waals surface area contributed by atoms with Crippen molar-refractivity contribution in [3.8, 4) is 22.9 Å². The molecule has 11 heteroatoms. The van der Waals surface area contributed by atoms with E-state index in [0.29, 0.717) is 57.3 Å². The molecule has 0 saturated carbocycles. The highest BCUT2D eigenvalue weighted by Crippen LogP contribution is 2.38. The smallest absolute Gasteiger partial charge is 0.258 e. The van der Waals surface area contributed by atoms with Crippen molar-refractivity contribution < 1.29 is 14.3 Å². The second-order valence-electron chi connectivity index (χ2n) is 9.10. The zero-order valence-corrected chi connectivity index (χ0v) is 22.5. The lowest BCUT2D eigenvalue weighted by Gasteiger charge is -2.29. The molecule has 0 fully saturated rings. The van der Waals surface area contributed by atoms with Crippen LogP contribution in [-0.4, -0.2) is 44.2 Å². The van der Waals surface area contributed by atoms with Crippen LogP contribution >= 0.6 is 23.2 Å². The summed E-state index contributed by atoms with van der Waals surface area (Å²) in [7, 11) is 0. The van der Waals surface area contributed by atoms with Crippen LogP contribution in [0.2, 0.25) is 10.0 Å². The molecule has 0 aliphatic carbocycles. The zero-order chi connectivity index (χ0) is 27.1. The monoisotopic (exact) mass is 560 g/mol. The molecule has 196 valence electrons. The summed E-state index contributed by atoms with van der Waals surface area (Å²) in [4.78, 5) is 27.8. The van der Waals surface area contributed by atoms with Gasteiger partial charge in [0.1, 0.15) is 29.8 Å². The second-order valence-corrected chi connectivity index (χ2v) is 9.91. The number of halogens is 2. The summed E-state index contributed by atoms with van der Waals surface area (Å²) in [6.07, 6.45) is 5.98. The lowest BCUT2D eigenvalue weighted by atomic mass is 10.1. The van der Waals surface area contributed by atoms with Gasteiger partial charge in [-0.25, -0.2) is 4.98 Å². The van der Waals surface area contributed by atoms with E-state index in [1.54, 1.807) is 29.4 Å². The summed E-state index contributed by atoms with van der Waals surface area (Å²) in [5.74, 6) is 0.864. The highest BCUT2D eigenvalue weighted by molar-refractivity contribution is 6.35. The van der Waals surface area contributed by atoms with Crippen molar-refractivity contribution in [3.63, 3.8) is 0 Å². The minimum Gasteiger partial charge on any atom is -0.486 e. The molecule has 6 rings (SSSR count). The lowest BCUT2D eigenvalue weighted by molar-refractivity contribution is 0.0975. The van der Waals surface area contributed by atoms with Gasteiger partial charge < -0.3 is 14.4 Å². The molecule has 1 atom stereocenters. The number of aromatic amines is 1. The van der Waals surface area contributed by atoms with Crippen LogP contribution in [0, 0.1) is 6.92 Å². The summed E-state index contributed by atoms with van der Waals surface area (Å²) in [6.45, 7) is 4.47. The first-order chi connectivity index (χ1) is 18.9. The van der Waals surface area contributed by atoms with Crippen LogP contribution in [0.3, 0.4) is 0 Å². The summed E-state index contributed by atoms with van der Waals surface area (Å²) in [5.41, 5.74) is 4.77. The second kappa shape index (κ2) is 10.2. The fraction of sp³-hybridized carbons (Fsp3) is 0.179. The largest absolute Gasteiger partial charge is 0.486 e. The third kappa shape index (κ3) is 4.75. The van der Waals surface area contributed by atoms with E-state index in [2.05, 4.69) is 25.1 Å². The van der Waals surface area contributed by atoms with Gasteiger partial charge in [0, 0.05) is 52.6 Å². The van der Waals surface area contributed by atoms with Crippen LogP contribution in [0.4, 0.5) is 5.69 Å². The Morgan fingerprint density at radius 1 is 1.10 bits per heavy atom. The van der Waals surface area contributed by atoms with Gasteiger partial charge in [-0.15, -0.1) is 0 Å². The van der Waals surface area contributed by atoms with Gasteiger partial charge in [-0.3, -0.25) is 19.9 Å². The van der Waals surface area contributed by atoms with Crippen LogP contribution in [0.1, 0.15) is 34.6 Å². The average Bonchev–Trinajstić information content (AvgIpc) is 3.35. The fourth-order valence-corrected chi connectivity index (χ4v) is 5.31. The highest BCUT2D eigenvalue weighted by atomic mass is 35.5. The van der Waals surface area contributed by atoms with Crippen molar-refractivity contribution in [1.29, 1.82) is 0 Å². The Kier molecular flexibility index (Phi) is 6.54. The molecule has 0 bridgehead atoms. The Hall–Kier alpha value is -4.21. The number of hydrogen-bond acceptors (Lipinski definition) is 7. The number of carbonyl (C=O) groups excluding carboxylic acids is 1. The maximum atomic E-state index is 13.4. The molecule has 1 aliphatic rings. The van der Waals surface area contributed by atoms with Crippen molar-refractivity contribution in [1.82, 2.24) is 25.1 Å². The predicted molar refractivity (Wildman–Crippen MR) is 149 cm³/mol. The van der Waals surface area contributed by atoms with Gasteiger partial charge in [-0.2, -0.15) is 5.10 Å². The topological polar surface area (TPSA) is 106 Å². The van der Waals surface area contributed by atoms with Crippen LogP contribution in [-0.2, 0) is 0 Å². The predicted octanol–water partition coefficient (Wildman–Crippen LogP) is 6.21. The van der Waals surface area contributed by atoms with Crippen molar-refractivity contribution in [3.05, 3.63) is 88.1 Å². The van der Waals surface area contributed by atoms with E-state index < -0.39 is 6.10 Å². The van der Waals surface area contributed by atoms with Crippen molar-refractivity contribution in [2.45, 2.75) is 20.0 Å². The van der Waals surface area contributed by atoms with Crippen LogP contribution < -0.4 is 14.4 Å². The molecule has 0 unspecified atom stereocenters. The zero-order valence-electron chi connectivity index (χ0n) is 21.0. The molecular formula is C28H22Cl2N6O3. The van der Waals surface area contributed by atoms with E-state index in [-0.39, 0.29) is 5.91 Å². The average molecular weight is 561 g/mol. The maximum Gasteiger partial charge on any atom is 0.258 e. The number of carbonyl (C=O) groups is 1. The van der Waals surface area contributed by atoms with Gasteiger partial charge in [0.15, 0.2) is 0 Å². The Bertz CT molecular complexity index is 1700. The van der Waals surface area contributed by atoms with E-state index in [0.717, 1.165) is 22.2 Å². The number of amides is 1. The molecule has 0 saturated heterocycles. The molecule has 1 N–H and O–H groups in total. The Balaban J connectivity index is 1.34. The van der Waals surface area contributed by atoms with Gasteiger partial charge in [-0.1, -0.05) is 23.2 Å². The maximum absolute atomic E-state index is 13.4. The summed E-state index contributed by atoms with van der Waals surface area (Å²) in [6, 6.07) is 11.0. The molecule has 0 radical (unpaired) electrons. The number of H-pyrrole nitrogens is 1. The molecule has 39 heavy (non-hydrogen) atoms. The highest BCUT2D eigenvalue weighted by Gasteiger charge is 2.27. The van der Waals surface area contributed by atoms with Crippen LogP contribution in [0.5, 0.6) is 11.6 Å². The molecule has 1 amide bonds. The number of rotatable bonds is 5. The van der Waals surface area contributed by atoms with Gasteiger partial charge >= 0.3 is 0 Å². The molecule has 5 aromatic rings. The number of nitrogens with zero attached hydrogens (tertiary/aromatic N) is 5. The fourth-order valence-electron chi connectivity index (χ4n) is 4.63. The first kappa shape index (κ1) is 25.1. The SMILES string of the molecule is Cc1cc(C(=O)N2CCOc3ncc(-c4n[nH]c5ccc(O[C@H](C)c6c(Cl)cncc6Cl)cc45)cc32)ccn1. The number of anilines is 1. The number of aryl methyl sites for hydroxylation is 1. The number of pyridine rings is 3. The van der Waals surface area contributed by atoms with E-state index in [1.807, 2.05) is 38.1 Å². The van der Waals surface area contributed by atoms with Crippen molar-refractivity contribution in [2.75, 3.05) is 18.1 Å². The summed E-state index contributed by atoms with van der Waals surface area (Å²) < 4.78 is 12.0. The minimum absolute atomic E-state index is 0.144. The lowest BCUT2D eigenvalue weighted by Crippen LogP contribution is -2.38. The van der Waals surface area contributed by atoms with Gasteiger partial charge in [0.05, 0.1) is 22.1 Å². The third-order valence-electron chi connectivity index (χ3n) is 6.48. The standard InChI is InChI=1S/C28H22Cl2N6O3/c1-15-9-17(5-6-32-15)28(37)36-7-8-38-27-24(36)10-18(12-33-27)26-20-11-19(3-4-23(20)34-35-26)39-16(2)25-21(29)13-31-14-22(25)30/h3-6,9-14,16H,7-8H2,1-2H3,(H,34,35)/t16-/m1/s1. The van der Waals surface area contributed by atoms with Gasteiger partial charge in [0.25, 0.3) is 5.91 Å². The molecule has 4 aromatic heterocycles. The molecule has 5 heterocycles. The molecule has 1 aliphatic heterocycles. The molecule has 1 aromatic carbocycles. The Morgan fingerprint density at radius 2 is 1.92 bits per heavy atom. The number of benzene rings is 1. The molecule has 0 spiro atoms. The number of ether oxygens (including phenoxy) is 2. The van der Waals surface area contributed by atoms with Crippen molar-refractivity contribution >= 4 is 45.7 Å². The summed E-state index contributed by atoms with van der Waals surface area (Å²) >= 11 is 12.6. The molecular weight excluding hydrogens is 539 g/mol. The Labute approximate surface area is 233 Å². The number of aromatic nitrogens is 5.